The lowest BCUT2D eigenvalue weighted by molar-refractivity contribution is 0.180. The number of carbonyl (C=O) groups excluding carboxylic acids is 1. The van der Waals surface area contributed by atoms with Crippen molar-refractivity contribution >= 4 is 17.4 Å². The van der Waals surface area contributed by atoms with Crippen molar-refractivity contribution in [1.82, 2.24) is 15.5 Å². The lowest BCUT2D eigenvalue weighted by atomic mass is 10.0. The molecule has 3 aromatic rings. The first-order valence-corrected chi connectivity index (χ1v) is 13.0. The first-order chi connectivity index (χ1) is 18.5. The van der Waals surface area contributed by atoms with E-state index in [1.165, 1.54) is 11.3 Å². The van der Waals surface area contributed by atoms with E-state index >= 15 is 0 Å². The van der Waals surface area contributed by atoms with Crippen molar-refractivity contribution in [3.8, 4) is 11.5 Å². The Bertz CT molecular complexity index is 1160. The number of anilines is 2. The molecule has 4 rings (SSSR count). The summed E-state index contributed by atoms with van der Waals surface area (Å²) < 4.78 is 10.7. The fraction of sp³-hybridized carbons (Fsp3) is 0.367. The molecule has 38 heavy (non-hydrogen) atoms. The summed E-state index contributed by atoms with van der Waals surface area (Å²) in [6.45, 7) is 4.64. The van der Waals surface area contributed by atoms with Crippen LogP contribution in [0.15, 0.2) is 72.8 Å². The van der Waals surface area contributed by atoms with Gasteiger partial charge in [-0.2, -0.15) is 0 Å². The van der Waals surface area contributed by atoms with Gasteiger partial charge >= 0.3 is 6.03 Å². The van der Waals surface area contributed by atoms with E-state index in [-0.39, 0.29) is 12.1 Å². The molecule has 1 aliphatic rings. The van der Waals surface area contributed by atoms with E-state index in [2.05, 4.69) is 79.9 Å². The summed E-state index contributed by atoms with van der Waals surface area (Å²) in [5.41, 5.74) is 4.54. The zero-order valence-electron chi connectivity index (χ0n) is 22.8. The van der Waals surface area contributed by atoms with E-state index in [0.717, 1.165) is 37.4 Å². The molecule has 0 aromatic heterocycles. The fourth-order valence-electron chi connectivity index (χ4n) is 4.81. The van der Waals surface area contributed by atoms with Gasteiger partial charge in [0.1, 0.15) is 0 Å². The van der Waals surface area contributed by atoms with Crippen LogP contribution in [0.5, 0.6) is 11.5 Å². The van der Waals surface area contributed by atoms with Crippen LogP contribution in [0.3, 0.4) is 0 Å². The van der Waals surface area contributed by atoms with Crippen LogP contribution in [0.2, 0.25) is 0 Å². The summed E-state index contributed by atoms with van der Waals surface area (Å²) in [6.07, 6.45) is 0. The Balaban J connectivity index is 1.39. The second kappa shape index (κ2) is 13.1. The highest BCUT2D eigenvalue weighted by Gasteiger charge is 2.26. The Labute approximate surface area is 226 Å². The van der Waals surface area contributed by atoms with Crippen molar-refractivity contribution < 1.29 is 14.3 Å². The molecule has 202 valence electrons. The Hall–Kier alpha value is -3.91. The summed E-state index contributed by atoms with van der Waals surface area (Å²) in [5, 5.41) is 6.08. The van der Waals surface area contributed by atoms with Crippen molar-refractivity contribution in [1.29, 1.82) is 0 Å². The van der Waals surface area contributed by atoms with Gasteiger partial charge in [0, 0.05) is 64.7 Å². The Morgan fingerprint density at radius 3 is 2.18 bits per heavy atom. The minimum Gasteiger partial charge on any atom is -0.493 e. The lowest BCUT2D eigenvalue weighted by Gasteiger charge is -2.40. The molecule has 0 spiro atoms. The SMILES string of the molecule is COc1ccc(CNC(=O)NCC(c2ccc(N(C)C)cc2)N2CCN(c3ccccc3)CC2)cc1OC. The maximum absolute atomic E-state index is 12.8. The van der Waals surface area contributed by atoms with Crippen molar-refractivity contribution in [2.24, 2.45) is 0 Å². The number of benzene rings is 3. The summed E-state index contributed by atoms with van der Waals surface area (Å²) in [5.74, 6) is 1.30. The predicted octanol–water partition coefficient (Wildman–Crippen LogP) is 4.13. The van der Waals surface area contributed by atoms with Crippen LogP contribution in [-0.2, 0) is 6.54 Å². The minimum atomic E-state index is -0.197. The molecule has 3 aromatic carbocycles. The van der Waals surface area contributed by atoms with Gasteiger partial charge < -0.3 is 29.9 Å². The molecule has 0 aliphatic carbocycles. The topological polar surface area (TPSA) is 69.3 Å². The Morgan fingerprint density at radius 2 is 1.55 bits per heavy atom. The summed E-state index contributed by atoms with van der Waals surface area (Å²) >= 11 is 0. The van der Waals surface area contributed by atoms with E-state index in [9.17, 15) is 4.79 Å². The maximum atomic E-state index is 12.8. The molecule has 0 radical (unpaired) electrons. The molecule has 2 N–H and O–H groups in total. The quantitative estimate of drug-likeness (QED) is 0.422. The molecule has 1 atom stereocenters. The molecule has 1 saturated heterocycles. The average molecular weight is 518 g/mol. The van der Waals surface area contributed by atoms with Gasteiger partial charge in [0.15, 0.2) is 11.5 Å². The number of methoxy groups -OCH3 is 2. The number of amides is 2. The van der Waals surface area contributed by atoms with Crippen LogP contribution in [0.25, 0.3) is 0 Å². The minimum absolute atomic E-state index is 0.0796. The van der Waals surface area contributed by atoms with E-state index in [0.29, 0.717) is 24.6 Å². The zero-order valence-corrected chi connectivity index (χ0v) is 22.8. The largest absolute Gasteiger partial charge is 0.493 e. The smallest absolute Gasteiger partial charge is 0.315 e. The summed E-state index contributed by atoms with van der Waals surface area (Å²) in [4.78, 5) is 19.8. The van der Waals surface area contributed by atoms with Crippen LogP contribution in [0.4, 0.5) is 16.2 Å². The summed E-state index contributed by atoms with van der Waals surface area (Å²) in [6, 6.07) is 24.7. The molecule has 1 aliphatic heterocycles. The number of ether oxygens (including phenoxy) is 2. The number of piperazine rings is 1. The van der Waals surface area contributed by atoms with E-state index in [1.807, 2.05) is 32.3 Å². The monoisotopic (exact) mass is 517 g/mol. The molecular formula is C30H39N5O3. The lowest BCUT2D eigenvalue weighted by Crippen LogP contribution is -2.50. The number of rotatable bonds is 10. The number of carbonyl (C=O) groups is 1. The second-order valence-corrected chi connectivity index (χ2v) is 9.61. The molecule has 1 fully saturated rings. The number of hydrogen-bond donors (Lipinski definition) is 2. The number of nitrogens with zero attached hydrogens (tertiary/aromatic N) is 3. The molecule has 0 bridgehead atoms. The first kappa shape index (κ1) is 27.1. The third kappa shape index (κ3) is 6.89. The molecular weight excluding hydrogens is 478 g/mol. The zero-order chi connectivity index (χ0) is 26.9. The molecule has 8 heteroatoms. The van der Waals surface area contributed by atoms with Crippen molar-refractivity contribution in [3.63, 3.8) is 0 Å². The van der Waals surface area contributed by atoms with Crippen molar-refractivity contribution in [2.75, 3.05) is 70.8 Å². The Kier molecular flexibility index (Phi) is 9.32. The standard InChI is InChI=1S/C30H39N5O3/c1-33(2)25-13-11-24(12-14-25)27(35-18-16-34(17-19-35)26-8-6-5-7-9-26)22-32-30(36)31-21-23-10-15-28(37-3)29(20-23)38-4/h5-15,20,27H,16-19,21-22H2,1-4H3,(H2,31,32,36). The fourth-order valence-corrected chi connectivity index (χ4v) is 4.81. The molecule has 2 amide bonds. The van der Waals surface area contributed by atoms with Crippen molar-refractivity contribution in [2.45, 2.75) is 12.6 Å². The Morgan fingerprint density at radius 1 is 0.868 bits per heavy atom. The molecule has 0 saturated carbocycles. The van der Waals surface area contributed by atoms with Crippen LogP contribution in [0.1, 0.15) is 17.2 Å². The van der Waals surface area contributed by atoms with E-state index in [1.54, 1.807) is 14.2 Å². The predicted molar refractivity (Wildman–Crippen MR) is 154 cm³/mol. The van der Waals surface area contributed by atoms with Gasteiger partial charge in [-0.15, -0.1) is 0 Å². The number of urea groups is 1. The third-order valence-electron chi connectivity index (χ3n) is 7.03. The van der Waals surface area contributed by atoms with Crippen LogP contribution < -0.4 is 29.9 Å². The number of nitrogens with one attached hydrogen (secondary N) is 2. The highest BCUT2D eigenvalue weighted by atomic mass is 16.5. The van der Waals surface area contributed by atoms with Gasteiger partial charge in [-0.1, -0.05) is 36.4 Å². The van der Waals surface area contributed by atoms with Crippen molar-refractivity contribution in [3.05, 3.63) is 83.9 Å². The van der Waals surface area contributed by atoms with Gasteiger partial charge in [-0.3, -0.25) is 4.90 Å². The normalized spacial score (nSPS) is 14.5. The van der Waals surface area contributed by atoms with Gasteiger partial charge in [0.2, 0.25) is 0 Å². The van der Waals surface area contributed by atoms with Gasteiger partial charge in [-0.25, -0.2) is 4.79 Å². The highest BCUT2D eigenvalue weighted by molar-refractivity contribution is 5.74. The van der Waals surface area contributed by atoms with Gasteiger partial charge in [0.05, 0.1) is 20.3 Å². The van der Waals surface area contributed by atoms with Gasteiger partial charge in [-0.05, 0) is 47.5 Å². The van der Waals surface area contributed by atoms with Crippen LogP contribution in [-0.4, -0.2) is 72.0 Å². The maximum Gasteiger partial charge on any atom is 0.315 e. The number of para-hydroxylation sites is 1. The second-order valence-electron chi connectivity index (χ2n) is 9.61. The van der Waals surface area contributed by atoms with Crippen LogP contribution >= 0.6 is 0 Å². The van der Waals surface area contributed by atoms with Gasteiger partial charge in [0.25, 0.3) is 0 Å². The molecule has 1 heterocycles. The van der Waals surface area contributed by atoms with E-state index in [4.69, 9.17) is 9.47 Å². The van der Waals surface area contributed by atoms with E-state index < -0.39 is 0 Å². The molecule has 8 nitrogen and oxygen atoms in total. The highest BCUT2D eigenvalue weighted by Crippen LogP contribution is 2.28. The first-order valence-electron chi connectivity index (χ1n) is 13.0. The number of hydrogen-bond acceptors (Lipinski definition) is 6. The average Bonchev–Trinajstić information content (AvgIpc) is 2.97. The molecule has 1 unspecified atom stereocenters. The van der Waals surface area contributed by atoms with Crippen LogP contribution in [0, 0.1) is 0 Å². The third-order valence-corrected chi connectivity index (χ3v) is 7.03. The summed E-state index contributed by atoms with van der Waals surface area (Å²) in [7, 11) is 7.29.